The van der Waals surface area contributed by atoms with Crippen LogP contribution in [-0.4, -0.2) is 25.7 Å². The molecule has 2 heterocycles. The maximum atomic E-state index is 13.0. The van der Waals surface area contributed by atoms with Gasteiger partial charge in [-0.2, -0.15) is 18.3 Å². The van der Waals surface area contributed by atoms with Crippen molar-refractivity contribution in [3.8, 4) is 5.69 Å². The molecule has 0 saturated heterocycles. The molecule has 1 aromatic carbocycles. The predicted octanol–water partition coefficient (Wildman–Crippen LogP) is 4.24. The van der Waals surface area contributed by atoms with Gasteiger partial charge in [0, 0.05) is 6.20 Å². The van der Waals surface area contributed by atoms with Gasteiger partial charge in [-0.3, -0.25) is 4.79 Å². The van der Waals surface area contributed by atoms with Gasteiger partial charge in [-0.25, -0.2) is 14.6 Å². The first kappa shape index (κ1) is 18.2. The van der Waals surface area contributed by atoms with E-state index >= 15 is 0 Å². The minimum absolute atomic E-state index is 0.00518. The number of halogens is 5. The van der Waals surface area contributed by atoms with Crippen LogP contribution >= 0.6 is 23.2 Å². The molecule has 0 spiro atoms. The zero-order valence-corrected chi connectivity index (χ0v) is 14.1. The highest BCUT2D eigenvalue weighted by atomic mass is 35.5. The molecule has 3 rings (SSSR count). The Hall–Kier alpha value is -2.65. The Morgan fingerprint density at radius 3 is 2.58 bits per heavy atom. The summed E-state index contributed by atoms with van der Waals surface area (Å²) in [5.41, 5.74) is -0.802. The maximum absolute atomic E-state index is 13.0. The zero-order valence-electron chi connectivity index (χ0n) is 12.6. The lowest BCUT2D eigenvalue weighted by molar-refractivity contribution is -0.137. The largest absolute Gasteiger partial charge is 0.416 e. The lowest BCUT2D eigenvalue weighted by Gasteiger charge is -2.14. The second kappa shape index (κ2) is 6.93. The number of hydrogen-bond donors (Lipinski definition) is 1. The van der Waals surface area contributed by atoms with Gasteiger partial charge in [0.2, 0.25) is 0 Å². The molecule has 0 atom stereocenters. The zero-order chi connectivity index (χ0) is 18.9. The van der Waals surface area contributed by atoms with Crippen molar-refractivity contribution in [1.82, 2.24) is 19.7 Å². The number of benzene rings is 1. The Kier molecular flexibility index (Phi) is 4.84. The van der Waals surface area contributed by atoms with Crippen LogP contribution in [0.5, 0.6) is 0 Å². The summed E-state index contributed by atoms with van der Waals surface area (Å²) in [7, 11) is 0. The predicted molar refractivity (Wildman–Crippen MR) is 88.6 cm³/mol. The molecule has 0 radical (unpaired) electrons. The third-order valence-electron chi connectivity index (χ3n) is 3.30. The van der Waals surface area contributed by atoms with E-state index in [1.165, 1.54) is 29.5 Å². The normalized spacial score (nSPS) is 11.4. The molecule has 0 bridgehead atoms. The van der Waals surface area contributed by atoms with Crippen molar-refractivity contribution in [2.45, 2.75) is 6.18 Å². The van der Waals surface area contributed by atoms with Crippen LogP contribution < -0.4 is 5.32 Å². The van der Waals surface area contributed by atoms with Crippen molar-refractivity contribution < 1.29 is 18.0 Å². The Labute approximate surface area is 154 Å². The Morgan fingerprint density at radius 2 is 1.96 bits per heavy atom. The van der Waals surface area contributed by atoms with Crippen molar-refractivity contribution in [1.29, 1.82) is 0 Å². The van der Waals surface area contributed by atoms with Crippen LogP contribution in [0.25, 0.3) is 5.69 Å². The number of hydrogen-bond acceptors (Lipinski definition) is 4. The van der Waals surface area contributed by atoms with Crippen LogP contribution in [0.15, 0.2) is 43.1 Å². The minimum atomic E-state index is -4.58. The molecule has 0 fully saturated rings. The third kappa shape index (κ3) is 3.78. The van der Waals surface area contributed by atoms with Gasteiger partial charge in [0.25, 0.3) is 5.91 Å². The molecular formula is C15H8Cl2F3N5O. The highest BCUT2D eigenvalue weighted by Gasteiger charge is 2.31. The van der Waals surface area contributed by atoms with Crippen molar-refractivity contribution in [2.24, 2.45) is 0 Å². The lowest BCUT2D eigenvalue weighted by Crippen LogP contribution is -2.16. The van der Waals surface area contributed by atoms with Crippen LogP contribution in [0.2, 0.25) is 10.2 Å². The number of carbonyl (C=O) groups is 1. The summed E-state index contributed by atoms with van der Waals surface area (Å²) in [5.74, 6) is -0.711. The topological polar surface area (TPSA) is 72.7 Å². The summed E-state index contributed by atoms with van der Waals surface area (Å²) in [6.45, 7) is 0. The summed E-state index contributed by atoms with van der Waals surface area (Å²) in [4.78, 5) is 19.9. The van der Waals surface area contributed by atoms with E-state index in [0.29, 0.717) is 0 Å². The van der Waals surface area contributed by atoms with Crippen molar-refractivity contribution >= 4 is 34.8 Å². The number of amides is 1. The molecule has 0 aliphatic carbocycles. The number of carbonyl (C=O) groups excluding carboxylic acids is 1. The van der Waals surface area contributed by atoms with E-state index in [4.69, 9.17) is 23.2 Å². The van der Waals surface area contributed by atoms with E-state index in [-0.39, 0.29) is 27.1 Å². The quantitative estimate of drug-likeness (QED) is 0.666. The summed E-state index contributed by atoms with van der Waals surface area (Å²) in [6.07, 6.45) is -0.914. The molecule has 134 valence electrons. The van der Waals surface area contributed by atoms with Gasteiger partial charge in [0.05, 0.1) is 27.5 Å². The van der Waals surface area contributed by atoms with Crippen molar-refractivity contribution in [2.75, 3.05) is 5.32 Å². The monoisotopic (exact) mass is 401 g/mol. The summed E-state index contributed by atoms with van der Waals surface area (Å²) in [6, 6.07) is 4.13. The first-order valence-electron chi connectivity index (χ1n) is 6.94. The molecule has 1 amide bonds. The molecule has 3 aromatic rings. The number of aromatic nitrogens is 4. The molecule has 11 heteroatoms. The molecule has 1 N–H and O–H groups in total. The highest BCUT2D eigenvalue weighted by Crippen LogP contribution is 2.33. The number of nitrogens with one attached hydrogen (secondary N) is 1. The Morgan fingerprint density at radius 1 is 1.19 bits per heavy atom. The standard InChI is InChI=1S/C15H8Cl2F3N5O/c16-10-3-8(5-22-13(10)17)14(26)24-11-4-9(15(18,19)20)1-2-12(11)25-7-21-6-23-25/h1-7H,(H,24,26). The number of pyridine rings is 1. The van der Waals surface area contributed by atoms with Gasteiger partial charge in [-0.05, 0) is 24.3 Å². The van der Waals surface area contributed by atoms with Crippen LogP contribution in [-0.2, 0) is 6.18 Å². The number of rotatable bonds is 3. The fraction of sp³-hybridized carbons (Fsp3) is 0.0667. The van der Waals surface area contributed by atoms with Crippen LogP contribution in [0.3, 0.4) is 0 Å². The first-order chi connectivity index (χ1) is 12.3. The molecule has 0 aliphatic rings. The van der Waals surface area contributed by atoms with Gasteiger partial charge in [0.15, 0.2) is 0 Å². The maximum Gasteiger partial charge on any atom is 0.416 e. The fourth-order valence-corrected chi connectivity index (χ4v) is 2.35. The van der Waals surface area contributed by atoms with Gasteiger partial charge in [0.1, 0.15) is 17.8 Å². The first-order valence-corrected chi connectivity index (χ1v) is 7.70. The van der Waals surface area contributed by atoms with E-state index in [1.807, 2.05) is 0 Å². The Bertz CT molecular complexity index is 960. The van der Waals surface area contributed by atoms with Gasteiger partial charge in [-0.15, -0.1) is 0 Å². The summed E-state index contributed by atoms with van der Waals surface area (Å²) >= 11 is 11.5. The second-order valence-electron chi connectivity index (χ2n) is 5.02. The molecule has 0 aliphatic heterocycles. The molecule has 2 aromatic heterocycles. The van der Waals surface area contributed by atoms with Gasteiger partial charge >= 0.3 is 6.18 Å². The van der Waals surface area contributed by atoms with E-state index in [0.717, 1.165) is 18.3 Å². The average Bonchev–Trinajstić information content (AvgIpc) is 3.10. The second-order valence-corrected chi connectivity index (χ2v) is 5.79. The molecule has 26 heavy (non-hydrogen) atoms. The van der Waals surface area contributed by atoms with Gasteiger partial charge in [-0.1, -0.05) is 23.2 Å². The minimum Gasteiger partial charge on any atom is -0.320 e. The SMILES string of the molecule is O=C(Nc1cc(C(F)(F)F)ccc1-n1cncn1)c1cnc(Cl)c(Cl)c1. The summed E-state index contributed by atoms with van der Waals surface area (Å²) in [5, 5.41) is 6.32. The third-order valence-corrected chi connectivity index (χ3v) is 3.98. The highest BCUT2D eigenvalue weighted by molar-refractivity contribution is 6.41. The number of alkyl halides is 3. The molecule has 6 nitrogen and oxygen atoms in total. The van der Waals surface area contributed by atoms with Crippen LogP contribution in [0.4, 0.5) is 18.9 Å². The van der Waals surface area contributed by atoms with Crippen LogP contribution in [0, 0.1) is 0 Å². The Balaban J connectivity index is 2.01. The van der Waals surface area contributed by atoms with E-state index in [2.05, 4.69) is 20.4 Å². The number of anilines is 1. The van der Waals surface area contributed by atoms with Crippen molar-refractivity contribution in [3.63, 3.8) is 0 Å². The lowest BCUT2D eigenvalue weighted by atomic mass is 10.1. The van der Waals surface area contributed by atoms with Crippen molar-refractivity contribution in [3.05, 3.63) is 64.4 Å². The molecular weight excluding hydrogens is 394 g/mol. The number of nitrogens with zero attached hydrogens (tertiary/aromatic N) is 4. The van der Waals surface area contributed by atoms with Gasteiger partial charge < -0.3 is 5.32 Å². The van der Waals surface area contributed by atoms with E-state index < -0.39 is 17.6 Å². The smallest absolute Gasteiger partial charge is 0.320 e. The molecule has 0 unspecified atom stereocenters. The fourth-order valence-electron chi connectivity index (χ4n) is 2.08. The summed E-state index contributed by atoms with van der Waals surface area (Å²) < 4.78 is 40.3. The van der Waals surface area contributed by atoms with Crippen LogP contribution in [0.1, 0.15) is 15.9 Å². The average molecular weight is 402 g/mol. The van der Waals surface area contributed by atoms with E-state index in [1.54, 1.807) is 0 Å². The van der Waals surface area contributed by atoms with E-state index in [9.17, 15) is 18.0 Å². The molecule has 0 saturated carbocycles.